The fourth-order valence-electron chi connectivity index (χ4n) is 6.35. The van der Waals surface area contributed by atoms with E-state index in [-0.39, 0.29) is 23.8 Å². The number of methoxy groups -OCH3 is 1. The molecule has 5 rings (SSSR count). The summed E-state index contributed by atoms with van der Waals surface area (Å²) in [6, 6.07) is 8.00. The zero-order chi connectivity index (χ0) is 18.8. The van der Waals surface area contributed by atoms with E-state index >= 15 is 0 Å². The maximum Gasteiger partial charge on any atom is 0.310 e. The summed E-state index contributed by atoms with van der Waals surface area (Å²) >= 11 is 0. The smallest absolute Gasteiger partial charge is 0.310 e. The van der Waals surface area contributed by atoms with E-state index in [4.69, 9.17) is 9.47 Å². The molecule has 3 heterocycles. The molecule has 2 bridgehead atoms. The number of nitrogens with one attached hydrogen (secondary N) is 1. The summed E-state index contributed by atoms with van der Waals surface area (Å²) in [4.78, 5) is 27.0. The first-order chi connectivity index (χ1) is 13.1. The summed E-state index contributed by atoms with van der Waals surface area (Å²) in [5, 5.41) is 3.61. The zero-order valence-corrected chi connectivity index (χ0v) is 15.6. The largest absolute Gasteiger partial charge is 0.469 e. The third-order valence-electron chi connectivity index (χ3n) is 7.30. The Kier molecular flexibility index (Phi) is 3.47. The lowest BCUT2D eigenvalue weighted by Crippen LogP contribution is -2.73. The number of allylic oxidation sites excluding steroid dienone is 1. The molecule has 3 fully saturated rings. The minimum absolute atomic E-state index is 0.0476. The third kappa shape index (κ3) is 1.79. The highest BCUT2D eigenvalue weighted by Gasteiger charge is 2.76. The summed E-state index contributed by atoms with van der Waals surface area (Å²) in [5.74, 6) is -0.477. The van der Waals surface area contributed by atoms with E-state index in [2.05, 4.69) is 17.5 Å². The molecule has 142 valence electrons. The number of piperidine rings is 1. The molecule has 1 saturated carbocycles. The number of para-hydroxylation sites is 1. The second-order valence-corrected chi connectivity index (χ2v) is 7.98. The Morgan fingerprint density at radius 3 is 2.96 bits per heavy atom. The molecule has 27 heavy (non-hydrogen) atoms. The van der Waals surface area contributed by atoms with Crippen LogP contribution in [0.25, 0.3) is 0 Å². The minimum Gasteiger partial charge on any atom is -0.469 e. The SMILES string of the molecule is C/C=C1/CN(C=O)[C@H]2C[C@@H]1[C@@H](C(=O)OC)[C@@]13CCO[C@@]21Nc1ccccc13. The second-order valence-electron chi connectivity index (χ2n) is 7.98. The molecule has 0 unspecified atom stereocenters. The van der Waals surface area contributed by atoms with Crippen LogP contribution in [-0.2, 0) is 24.5 Å². The maximum absolute atomic E-state index is 13.2. The van der Waals surface area contributed by atoms with E-state index < -0.39 is 11.1 Å². The van der Waals surface area contributed by atoms with E-state index in [1.807, 2.05) is 30.0 Å². The quantitative estimate of drug-likeness (QED) is 0.492. The van der Waals surface area contributed by atoms with Gasteiger partial charge in [0.1, 0.15) is 0 Å². The van der Waals surface area contributed by atoms with Gasteiger partial charge in [0.25, 0.3) is 0 Å². The number of rotatable bonds is 2. The van der Waals surface area contributed by atoms with Crippen LogP contribution >= 0.6 is 0 Å². The summed E-state index contributed by atoms with van der Waals surface area (Å²) in [5.41, 5.74) is 1.90. The number of carbonyl (C=O) groups excluding carboxylic acids is 2. The van der Waals surface area contributed by atoms with Crippen LogP contribution in [0.5, 0.6) is 0 Å². The first kappa shape index (κ1) is 16.8. The van der Waals surface area contributed by atoms with Crippen molar-refractivity contribution in [3.05, 3.63) is 41.5 Å². The van der Waals surface area contributed by atoms with Crippen molar-refractivity contribution in [2.45, 2.75) is 36.9 Å². The van der Waals surface area contributed by atoms with Crippen LogP contribution in [0.4, 0.5) is 5.69 Å². The molecule has 2 saturated heterocycles. The Morgan fingerprint density at radius 2 is 2.22 bits per heavy atom. The average Bonchev–Trinajstić information content (AvgIpc) is 3.21. The monoisotopic (exact) mass is 368 g/mol. The summed E-state index contributed by atoms with van der Waals surface area (Å²) in [6.07, 6.45) is 4.41. The fraction of sp³-hybridized carbons (Fsp3) is 0.524. The molecule has 3 aliphatic heterocycles. The first-order valence-corrected chi connectivity index (χ1v) is 9.58. The van der Waals surface area contributed by atoms with Gasteiger partial charge in [-0.3, -0.25) is 9.59 Å². The van der Waals surface area contributed by atoms with E-state index in [1.165, 1.54) is 7.11 Å². The second kappa shape index (κ2) is 5.58. The van der Waals surface area contributed by atoms with E-state index in [9.17, 15) is 9.59 Å². The highest BCUT2D eigenvalue weighted by atomic mass is 16.5. The van der Waals surface area contributed by atoms with Gasteiger partial charge in [-0.1, -0.05) is 29.8 Å². The molecule has 0 radical (unpaired) electrons. The van der Waals surface area contributed by atoms with Crippen LogP contribution in [0.1, 0.15) is 25.3 Å². The molecule has 1 aliphatic carbocycles. The van der Waals surface area contributed by atoms with Crippen molar-refractivity contribution in [3.8, 4) is 0 Å². The highest BCUT2D eigenvalue weighted by Crippen LogP contribution is 2.66. The molecule has 1 N–H and O–H groups in total. The first-order valence-electron chi connectivity index (χ1n) is 9.58. The molecule has 1 amide bonds. The number of hydrogen-bond acceptors (Lipinski definition) is 5. The van der Waals surface area contributed by atoms with E-state index in [0.29, 0.717) is 19.6 Å². The molecule has 0 spiro atoms. The number of esters is 1. The van der Waals surface area contributed by atoms with Crippen LogP contribution in [0.2, 0.25) is 0 Å². The van der Waals surface area contributed by atoms with Gasteiger partial charge in [0.2, 0.25) is 6.41 Å². The molecule has 5 atom stereocenters. The van der Waals surface area contributed by atoms with Gasteiger partial charge in [-0.2, -0.15) is 0 Å². The van der Waals surface area contributed by atoms with E-state index in [0.717, 1.165) is 29.7 Å². The number of hydrogen-bond donors (Lipinski definition) is 1. The molecule has 1 aromatic carbocycles. The number of carbonyl (C=O) groups is 2. The van der Waals surface area contributed by atoms with Gasteiger partial charge in [-0.25, -0.2) is 0 Å². The number of fused-ring (bicyclic) bond motifs is 3. The standard InChI is InChI=1S/C21H24N2O4/c1-3-13-11-23(12-24)17-10-14(13)18(19(25)26-2)20-8-9-27-21(17,20)22-16-7-5-4-6-15(16)20/h3-7,12,14,17-18,22H,8-11H2,1-2H3/b13-3-/t14-,17-,18-,20-,21-/m0/s1. The lowest BCUT2D eigenvalue weighted by molar-refractivity contribution is -0.172. The Balaban J connectivity index is 1.80. The topological polar surface area (TPSA) is 67.9 Å². The lowest BCUT2D eigenvalue weighted by atomic mass is 9.51. The Labute approximate surface area is 158 Å². The van der Waals surface area contributed by atoms with Gasteiger partial charge in [-0.05, 0) is 37.3 Å². The molecule has 6 heteroatoms. The average molecular weight is 368 g/mol. The Hall–Kier alpha value is -2.34. The number of likely N-dealkylation sites (tertiary alicyclic amines) is 1. The number of amides is 1. The van der Waals surface area contributed by atoms with Gasteiger partial charge < -0.3 is 19.7 Å². The van der Waals surface area contributed by atoms with Crippen molar-refractivity contribution in [3.63, 3.8) is 0 Å². The normalized spacial score (nSPS) is 40.0. The molecule has 6 nitrogen and oxygen atoms in total. The number of nitrogens with zero attached hydrogens (tertiary/aromatic N) is 1. The van der Waals surface area contributed by atoms with Gasteiger partial charge >= 0.3 is 5.97 Å². The van der Waals surface area contributed by atoms with Crippen LogP contribution < -0.4 is 5.32 Å². The minimum atomic E-state index is -0.785. The summed E-state index contributed by atoms with van der Waals surface area (Å²) in [6.45, 7) is 3.07. The maximum atomic E-state index is 13.2. The molecule has 4 aliphatic rings. The molecular formula is C21H24N2O4. The number of benzene rings is 1. The van der Waals surface area contributed by atoms with Gasteiger partial charge in [0.05, 0.1) is 31.1 Å². The van der Waals surface area contributed by atoms with Crippen molar-refractivity contribution in [2.24, 2.45) is 11.8 Å². The van der Waals surface area contributed by atoms with Crippen LogP contribution in [0, 0.1) is 11.8 Å². The number of ether oxygens (including phenoxy) is 2. The van der Waals surface area contributed by atoms with E-state index in [1.54, 1.807) is 0 Å². The third-order valence-corrected chi connectivity index (χ3v) is 7.30. The van der Waals surface area contributed by atoms with Crippen molar-refractivity contribution < 1.29 is 19.1 Å². The van der Waals surface area contributed by atoms with Crippen molar-refractivity contribution in [1.29, 1.82) is 0 Å². The van der Waals surface area contributed by atoms with Gasteiger partial charge in [0, 0.05) is 12.2 Å². The van der Waals surface area contributed by atoms with Gasteiger partial charge in [-0.15, -0.1) is 0 Å². The molecular weight excluding hydrogens is 344 g/mol. The van der Waals surface area contributed by atoms with Crippen molar-refractivity contribution >= 4 is 18.1 Å². The summed E-state index contributed by atoms with van der Waals surface area (Å²) < 4.78 is 11.7. The fourth-order valence-corrected chi connectivity index (χ4v) is 6.35. The Bertz CT molecular complexity index is 852. The van der Waals surface area contributed by atoms with Crippen LogP contribution in [-0.4, -0.2) is 49.3 Å². The lowest BCUT2D eigenvalue weighted by Gasteiger charge is -2.59. The predicted molar refractivity (Wildman–Crippen MR) is 99.0 cm³/mol. The van der Waals surface area contributed by atoms with Gasteiger partial charge in [0.15, 0.2) is 5.72 Å². The highest BCUT2D eigenvalue weighted by molar-refractivity contribution is 5.81. The van der Waals surface area contributed by atoms with Crippen molar-refractivity contribution in [1.82, 2.24) is 4.90 Å². The predicted octanol–water partition coefficient (Wildman–Crippen LogP) is 2.06. The number of anilines is 1. The summed E-state index contributed by atoms with van der Waals surface area (Å²) in [7, 11) is 1.46. The Morgan fingerprint density at radius 1 is 1.41 bits per heavy atom. The molecule has 1 aromatic rings. The zero-order valence-electron chi connectivity index (χ0n) is 15.6. The molecule has 0 aromatic heterocycles. The van der Waals surface area contributed by atoms with Crippen LogP contribution in [0.15, 0.2) is 35.9 Å². The van der Waals surface area contributed by atoms with Crippen LogP contribution in [0.3, 0.4) is 0 Å². The van der Waals surface area contributed by atoms with Crippen molar-refractivity contribution in [2.75, 3.05) is 25.6 Å².